The van der Waals surface area contributed by atoms with Gasteiger partial charge >= 0.3 is 6.18 Å². The highest BCUT2D eigenvalue weighted by atomic mass is 32.2. The number of hydrogen-bond acceptors (Lipinski definition) is 6. The number of hydrogen-bond donors (Lipinski definition) is 0. The number of nitrogens with zero attached hydrogens (tertiary/aromatic N) is 5. The van der Waals surface area contributed by atoms with E-state index in [-0.39, 0.29) is 17.3 Å². The summed E-state index contributed by atoms with van der Waals surface area (Å²) < 4.78 is 47.2. The molecule has 4 aromatic rings. The number of aromatic nitrogens is 5. The lowest BCUT2D eigenvalue weighted by atomic mass is 10.1. The normalized spacial score (nSPS) is 12.0. The van der Waals surface area contributed by atoms with Gasteiger partial charge in [-0.3, -0.25) is 9.38 Å². The molecular weight excluding hydrogens is 379 g/mol. The van der Waals surface area contributed by atoms with E-state index in [0.717, 1.165) is 18.5 Å². The van der Waals surface area contributed by atoms with E-state index in [4.69, 9.17) is 4.52 Å². The fourth-order valence-electron chi connectivity index (χ4n) is 2.74. The van der Waals surface area contributed by atoms with Crippen molar-refractivity contribution in [2.75, 3.05) is 6.26 Å². The molecule has 138 valence electrons. The lowest BCUT2D eigenvalue weighted by molar-refractivity contribution is -0.137. The quantitative estimate of drug-likeness (QED) is 0.516. The van der Waals surface area contributed by atoms with Gasteiger partial charge in [-0.2, -0.15) is 29.9 Å². The Labute approximate surface area is 155 Å². The Morgan fingerprint density at radius 1 is 1.19 bits per heavy atom. The van der Waals surface area contributed by atoms with Crippen LogP contribution in [0.3, 0.4) is 0 Å². The van der Waals surface area contributed by atoms with Crippen LogP contribution in [0.15, 0.2) is 47.4 Å². The van der Waals surface area contributed by atoms with E-state index >= 15 is 0 Å². The minimum atomic E-state index is -4.53. The second-order valence-electron chi connectivity index (χ2n) is 5.61. The first-order chi connectivity index (χ1) is 13.0. The van der Waals surface area contributed by atoms with Crippen molar-refractivity contribution in [1.82, 2.24) is 24.5 Å². The maximum Gasteiger partial charge on any atom is 0.417 e. The van der Waals surface area contributed by atoms with Crippen LogP contribution in [0.2, 0.25) is 0 Å². The summed E-state index contributed by atoms with van der Waals surface area (Å²) in [6.45, 7) is 0. The molecule has 0 saturated carbocycles. The van der Waals surface area contributed by atoms with Crippen molar-refractivity contribution in [2.45, 2.75) is 11.9 Å². The molecule has 0 aromatic carbocycles. The van der Waals surface area contributed by atoms with Crippen molar-refractivity contribution in [3.63, 3.8) is 0 Å². The Kier molecular flexibility index (Phi) is 4.34. The molecule has 0 radical (unpaired) electrons. The van der Waals surface area contributed by atoms with Gasteiger partial charge in [0.2, 0.25) is 0 Å². The van der Waals surface area contributed by atoms with E-state index in [9.17, 15) is 13.2 Å². The first-order valence-corrected chi connectivity index (χ1v) is 9.19. The van der Waals surface area contributed by atoms with E-state index in [1.54, 1.807) is 28.8 Å². The number of pyridine rings is 2. The average molecular weight is 391 g/mol. The van der Waals surface area contributed by atoms with Gasteiger partial charge in [0, 0.05) is 24.2 Å². The van der Waals surface area contributed by atoms with Crippen LogP contribution in [-0.4, -0.2) is 30.8 Å². The molecule has 0 amide bonds. The number of rotatable bonds is 4. The van der Waals surface area contributed by atoms with Crippen LogP contribution in [0.1, 0.15) is 11.4 Å². The molecule has 0 atom stereocenters. The van der Waals surface area contributed by atoms with Gasteiger partial charge in [0.1, 0.15) is 5.82 Å². The summed E-state index contributed by atoms with van der Waals surface area (Å²) in [5.74, 6) is 1.31. The van der Waals surface area contributed by atoms with Crippen LogP contribution in [-0.2, 0) is 11.9 Å². The highest BCUT2D eigenvalue weighted by molar-refractivity contribution is 7.97. The van der Waals surface area contributed by atoms with Crippen LogP contribution in [0, 0.1) is 0 Å². The molecule has 4 aromatic heterocycles. The Bertz CT molecular complexity index is 1110. The summed E-state index contributed by atoms with van der Waals surface area (Å²) in [6.07, 6.45) is 1.26. The first-order valence-electron chi connectivity index (χ1n) is 7.79. The highest BCUT2D eigenvalue weighted by Gasteiger charge is 2.35. The molecule has 10 heteroatoms. The molecule has 0 bridgehead atoms. The first kappa shape index (κ1) is 17.5. The summed E-state index contributed by atoms with van der Waals surface area (Å²) in [5.41, 5.74) is -0.0547. The van der Waals surface area contributed by atoms with E-state index in [1.165, 1.54) is 11.8 Å². The fraction of sp³-hybridized carbons (Fsp3) is 0.176. The highest BCUT2D eigenvalue weighted by Crippen LogP contribution is 2.37. The van der Waals surface area contributed by atoms with Crippen LogP contribution in [0.25, 0.3) is 28.5 Å². The summed E-state index contributed by atoms with van der Waals surface area (Å²) >= 11 is 1.53. The minimum Gasteiger partial charge on any atom is -0.332 e. The SMILES string of the molecule is CSCc1noc(-c2nc(-c3cnccc3C(F)(F)F)n3ccccc23)n1. The third-order valence-electron chi connectivity index (χ3n) is 3.86. The zero-order chi connectivity index (χ0) is 19.0. The molecule has 4 rings (SSSR count). The number of imidazole rings is 1. The summed E-state index contributed by atoms with van der Waals surface area (Å²) in [6, 6.07) is 6.13. The molecule has 4 heterocycles. The van der Waals surface area contributed by atoms with Crippen molar-refractivity contribution >= 4 is 17.3 Å². The molecule has 0 N–H and O–H groups in total. The van der Waals surface area contributed by atoms with E-state index in [0.29, 0.717) is 22.8 Å². The van der Waals surface area contributed by atoms with Gasteiger partial charge in [0.15, 0.2) is 11.5 Å². The second-order valence-corrected chi connectivity index (χ2v) is 6.47. The van der Waals surface area contributed by atoms with Crippen molar-refractivity contribution in [1.29, 1.82) is 0 Å². The number of fused-ring (bicyclic) bond motifs is 1. The molecule has 0 aliphatic rings. The second kappa shape index (κ2) is 6.69. The van der Waals surface area contributed by atoms with Gasteiger partial charge < -0.3 is 4.52 Å². The van der Waals surface area contributed by atoms with E-state index in [1.807, 2.05) is 6.26 Å². The monoisotopic (exact) mass is 391 g/mol. The topological polar surface area (TPSA) is 69.1 Å². The van der Waals surface area contributed by atoms with Gasteiger partial charge in [0.25, 0.3) is 5.89 Å². The maximum atomic E-state index is 13.4. The van der Waals surface area contributed by atoms with E-state index in [2.05, 4.69) is 20.1 Å². The smallest absolute Gasteiger partial charge is 0.332 e. The van der Waals surface area contributed by atoms with Crippen molar-refractivity contribution < 1.29 is 17.7 Å². The van der Waals surface area contributed by atoms with Gasteiger partial charge in [-0.25, -0.2) is 4.98 Å². The molecule has 27 heavy (non-hydrogen) atoms. The Hall–Kier alpha value is -2.88. The summed E-state index contributed by atoms with van der Waals surface area (Å²) in [4.78, 5) is 12.5. The molecule has 0 spiro atoms. The van der Waals surface area contributed by atoms with Gasteiger partial charge in [-0.05, 0) is 24.5 Å². The minimum absolute atomic E-state index is 0.102. The van der Waals surface area contributed by atoms with Crippen LogP contribution < -0.4 is 0 Å². The van der Waals surface area contributed by atoms with Crippen molar-refractivity contribution in [2.24, 2.45) is 0 Å². The summed E-state index contributed by atoms with van der Waals surface area (Å²) in [5, 5.41) is 3.88. The lowest BCUT2D eigenvalue weighted by Gasteiger charge is -2.11. The van der Waals surface area contributed by atoms with Crippen LogP contribution in [0.4, 0.5) is 13.2 Å². The third kappa shape index (κ3) is 3.16. The Morgan fingerprint density at radius 3 is 2.81 bits per heavy atom. The zero-order valence-corrected chi connectivity index (χ0v) is 14.8. The maximum absolute atomic E-state index is 13.4. The number of thioether (sulfide) groups is 1. The number of halogens is 3. The third-order valence-corrected chi connectivity index (χ3v) is 4.41. The zero-order valence-electron chi connectivity index (χ0n) is 13.9. The van der Waals surface area contributed by atoms with Crippen molar-refractivity contribution in [3.8, 4) is 23.0 Å². The predicted molar refractivity (Wildman–Crippen MR) is 93.9 cm³/mol. The molecule has 0 saturated heterocycles. The predicted octanol–water partition coefficient (Wildman–Crippen LogP) is 4.33. The fourth-order valence-corrected chi connectivity index (χ4v) is 3.12. The van der Waals surface area contributed by atoms with Crippen molar-refractivity contribution in [3.05, 3.63) is 54.2 Å². The molecular formula is C17H12F3N5OS. The van der Waals surface area contributed by atoms with Gasteiger partial charge in [-0.1, -0.05) is 11.2 Å². The van der Waals surface area contributed by atoms with Gasteiger partial charge in [-0.15, -0.1) is 0 Å². The molecule has 0 fully saturated rings. The van der Waals surface area contributed by atoms with Gasteiger partial charge in [0.05, 0.1) is 16.8 Å². The van der Waals surface area contributed by atoms with E-state index < -0.39 is 11.7 Å². The molecule has 0 unspecified atom stereocenters. The molecule has 0 aliphatic carbocycles. The summed E-state index contributed by atoms with van der Waals surface area (Å²) in [7, 11) is 0. The van der Waals surface area contributed by atoms with Crippen LogP contribution in [0.5, 0.6) is 0 Å². The molecule has 0 aliphatic heterocycles. The lowest BCUT2D eigenvalue weighted by Crippen LogP contribution is -2.08. The average Bonchev–Trinajstić information content (AvgIpc) is 3.26. The van der Waals surface area contributed by atoms with Crippen LogP contribution >= 0.6 is 11.8 Å². The Balaban J connectivity index is 1.94. The standard InChI is InChI=1S/C17H12F3N5OS/c1-27-9-13-22-16(26-24-13)14-12-4-2-3-7-25(12)15(23-14)10-8-21-6-5-11(10)17(18,19)20/h2-8H,9H2,1H3. The molecule has 6 nitrogen and oxygen atoms in total. The Morgan fingerprint density at radius 2 is 2.04 bits per heavy atom. The largest absolute Gasteiger partial charge is 0.417 e. The number of alkyl halides is 3.